The highest BCUT2D eigenvalue weighted by atomic mass is 19.4. The zero-order chi connectivity index (χ0) is 17.4. The molecule has 0 bridgehead atoms. The van der Waals surface area contributed by atoms with Crippen LogP contribution in [0.2, 0.25) is 0 Å². The largest absolute Gasteiger partial charge is 0.458 e. The second-order valence-corrected chi connectivity index (χ2v) is 5.59. The first kappa shape index (κ1) is 16.4. The highest BCUT2D eigenvalue weighted by Gasteiger charge is 2.60. The Bertz CT molecular complexity index is 754. The molecule has 1 aliphatic rings. The number of hydrogen-bond donors (Lipinski definition) is 1. The number of nitrogens with zero attached hydrogens (tertiary/aromatic N) is 1. The van der Waals surface area contributed by atoms with Crippen molar-refractivity contribution in [1.29, 1.82) is 0 Å². The van der Waals surface area contributed by atoms with Crippen LogP contribution in [0.3, 0.4) is 0 Å². The third-order valence-corrected chi connectivity index (χ3v) is 3.77. The van der Waals surface area contributed by atoms with Crippen molar-refractivity contribution in [2.45, 2.75) is 24.8 Å². The van der Waals surface area contributed by atoms with Crippen LogP contribution in [0.1, 0.15) is 23.1 Å². The van der Waals surface area contributed by atoms with Crippen LogP contribution < -0.4 is 0 Å². The van der Waals surface area contributed by atoms with Crippen LogP contribution in [-0.4, -0.2) is 22.8 Å². The van der Waals surface area contributed by atoms with E-state index in [0.29, 0.717) is 12.0 Å². The number of hydrogen-bond acceptors (Lipinski definition) is 3. The second-order valence-electron chi connectivity index (χ2n) is 5.59. The normalized spacial score (nSPS) is 20.6. The van der Waals surface area contributed by atoms with E-state index in [2.05, 4.69) is 9.99 Å². The van der Waals surface area contributed by atoms with Crippen molar-refractivity contribution in [2.24, 2.45) is 5.16 Å². The smallest absolute Gasteiger partial charge is 0.350 e. The summed E-state index contributed by atoms with van der Waals surface area (Å²) in [6.45, 7) is 0. The SMILES string of the molecule is OC1(C(F)(F)F)CC(c2ccc(Cc3ccc(F)cc3)cc2)=NO1. The quantitative estimate of drug-likeness (QED) is 0.865. The van der Waals surface area contributed by atoms with Crippen molar-refractivity contribution in [3.05, 3.63) is 71.0 Å². The van der Waals surface area contributed by atoms with Crippen LogP contribution in [0.5, 0.6) is 0 Å². The summed E-state index contributed by atoms with van der Waals surface area (Å²) in [5.74, 6) is -3.58. The van der Waals surface area contributed by atoms with Gasteiger partial charge in [0, 0.05) is 0 Å². The molecule has 3 rings (SSSR count). The first-order chi connectivity index (χ1) is 11.3. The molecule has 0 aromatic heterocycles. The Kier molecular flexibility index (Phi) is 4.04. The Balaban J connectivity index is 1.70. The number of benzene rings is 2. The predicted molar refractivity (Wildman–Crippen MR) is 78.9 cm³/mol. The van der Waals surface area contributed by atoms with Gasteiger partial charge in [-0.05, 0) is 35.2 Å². The molecule has 1 unspecified atom stereocenters. The first-order valence-electron chi connectivity index (χ1n) is 7.15. The molecule has 0 aliphatic carbocycles. The van der Waals surface area contributed by atoms with E-state index in [0.717, 1.165) is 11.1 Å². The predicted octanol–water partition coefficient (Wildman–Crippen LogP) is 3.79. The highest BCUT2D eigenvalue weighted by molar-refractivity contribution is 6.01. The van der Waals surface area contributed by atoms with Crippen molar-refractivity contribution in [3.8, 4) is 0 Å². The van der Waals surface area contributed by atoms with Crippen molar-refractivity contribution in [2.75, 3.05) is 0 Å². The third-order valence-electron chi connectivity index (χ3n) is 3.77. The fourth-order valence-corrected chi connectivity index (χ4v) is 2.38. The Hall–Kier alpha value is -2.41. The fourth-order valence-electron chi connectivity index (χ4n) is 2.38. The Morgan fingerprint density at radius 3 is 2.04 bits per heavy atom. The minimum atomic E-state index is -4.92. The molecular formula is C17H13F4NO2. The van der Waals surface area contributed by atoms with E-state index in [1.807, 2.05) is 0 Å². The van der Waals surface area contributed by atoms with Gasteiger partial charge in [-0.15, -0.1) is 0 Å². The molecule has 2 aromatic rings. The highest BCUT2D eigenvalue weighted by Crippen LogP contribution is 2.38. The van der Waals surface area contributed by atoms with Gasteiger partial charge in [0.2, 0.25) is 0 Å². The van der Waals surface area contributed by atoms with Gasteiger partial charge < -0.3 is 9.94 Å². The molecule has 1 heterocycles. The maximum Gasteiger partial charge on any atom is 0.458 e. The summed E-state index contributed by atoms with van der Waals surface area (Å²) in [4.78, 5) is 4.19. The van der Waals surface area contributed by atoms with Crippen LogP contribution in [0.4, 0.5) is 17.6 Å². The second kappa shape index (κ2) is 5.90. The summed E-state index contributed by atoms with van der Waals surface area (Å²) in [5, 5.41) is 12.8. The fraction of sp³-hybridized carbons (Fsp3) is 0.235. The maximum atomic E-state index is 12.9. The van der Waals surface area contributed by atoms with E-state index in [1.54, 1.807) is 36.4 Å². The summed E-state index contributed by atoms with van der Waals surface area (Å²) in [7, 11) is 0. The van der Waals surface area contributed by atoms with Crippen LogP contribution in [-0.2, 0) is 11.3 Å². The average Bonchev–Trinajstić information content (AvgIpc) is 2.94. The van der Waals surface area contributed by atoms with Gasteiger partial charge in [-0.2, -0.15) is 13.2 Å². The average molecular weight is 339 g/mol. The van der Waals surface area contributed by atoms with Gasteiger partial charge in [-0.25, -0.2) is 4.39 Å². The third kappa shape index (κ3) is 3.26. The summed E-state index contributed by atoms with van der Waals surface area (Å²) < 4.78 is 51.0. The zero-order valence-electron chi connectivity index (χ0n) is 12.3. The van der Waals surface area contributed by atoms with E-state index in [4.69, 9.17) is 0 Å². The molecule has 24 heavy (non-hydrogen) atoms. The lowest BCUT2D eigenvalue weighted by atomic mass is 9.99. The van der Waals surface area contributed by atoms with E-state index >= 15 is 0 Å². The van der Waals surface area contributed by atoms with Gasteiger partial charge in [0.1, 0.15) is 5.82 Å². The molecule has 1 N–H and O–H groups in total. The van der Waals surface area contributed by atoms with Gasteiger partial charge in [0.15, 0.2) is 0 Å². The van der Waals surface area contributed by atoms with Gasteiger partial charge in [-0.3, -0.25) is 0 Å². The molecular weight excluding hydrogens is 326 g/mol. The van der Waals surface area contributed by atoms with Crippen molar-refractivity contribution < 1.29 is 27.5 Å². The minimum Gasteiger partial charge on any atom is -0.350 e. The summed E-state index contributed by atoms with van der Waals surface area (Å²) in [5.41, 5.74) is 2.30. The number of alkyl halides is 3. The monoisotopic (exact) mass is 339 g/mol. The number of aliphatic hydroxyl groups is 1. The molecule has 0 spiro atoms. The lowest BCUT2D eigenvalue weighted by Gasteiger charge is -2.22. The van der Waals surface area contributed by atoms with Crippen LogP contribution in [0.15, 0.2) is 53.7 Å². The van der Waals surface area contributed by atoms with E-state index < -0.39 is 18.4 Å². The molecule has 7 heteroatoms. The van der Waals surface area contributed by atoms with Crippen LogP contribution >= 0.6 is 0 Å². The lowest BCUT2D eigenvalue weighted by molar-refractivity contribution is -0.355. The topological polar surface area (TPSA) is 41.8 Å². The molecule has 0 saturated carbocycles. The Labute approximate surface area is 135 Å². The van der Waals surface area contributed by atoms with Gasteiger partial charge in [-0.1, -0.05) is 41.6 Å². The standard InChI is InChI=1S/C17H13F4NO2/c18-14-7-3-12(4-8-14)9-11-1-5-13(6-2-11)15-10-16(23,24-22-15)17(19,20)21/h1-8,23H,9-10H2. The number of halogens is 4. The zero-order valence-corrected chi connectivity index (χ0v) is 12.3. The molecule has 3 nitrogen and oxygen atoms in total. The van der Waals surface area contributed by atoms with Crippen molar-refractivity contribution in [1.82, 2.24) is 0 Å². The molecule has 1 aliphatic heterocycles. The summed E-state index contributed by atoms with van der Waals surface area (Å²) in [6, 6.07) is 12.8. The van der Waals surface area contributed by atoms with E-state index in [1.165, 1.54) is 12.1 Å². The molecule has 1 atom stereocenters. The molecule has 0 fully saturated rings. The van der Waals surface area contributed by atoms with E-state index in [-0.39, 0.29) is 11.5 Å². The summed E-state index contributed by atoms with van der Waals surface area (Å²) in [6.07, 6.45) is -5.11. The molecule has 126 valence electrons. The minimum absolute atomic E-state index is 0.0307. The Morgan fingerprint density at radius 1 is 1.00 bits per heavy atom. The van der Waals surface area contributed by atoms with Crippen molar-refractivity contribution in [3.63, 3.8) is 0 Å². The van der Waals surface area contributed by atoms with Crippen LogP contribution in [0.25, 0.3) is 0 Å². The van der Waals surface area contributed by atoms with Crippen LogP contribution in [0, 0.1) is 5.82 Å². The van der Waals surface area contributed by atoms with Gasteiger partial charge in [0.05, 0.1) is 12.1 Å². The van der Waals surface area contributed by atoms with Crippen molar-refractivity contribution >= 4 is 5.71 Å². The first-order valence-corrected chi connectivity index (χ1v) is 7.15. The Morgan fingerprint density at radius 2 is 1.54 bits per heavy atom. The molecule has 0 saturated heterocycles. The molecule has 0 radical (unpaired) electrons. The maximum absolute atomic E-state index is 12.9. The number of oxime groups is 1. The number of rotatable bonds is 3. The van der Waals surface area contributed by atoms with Gasteiger partial charge in [0.25, 0.3) is 0 Å². The molecule has 0 amide bonds. The van der Waals surface area contributed by atoms with Gasteiger partial charge >= 0.3 is 12.0 Å². The molecule has 2 aromatic carbocycles. The summed E-state index contributed by atoms with van der Waals surface area (Å²) >= 11 is 0. The lowest BCUT2D eigenvalue weighted by Crippen LogP contribution is -2.45. The van der Waals surface area contributed by atoms with E-state index in [9.17, 15) is 22.7 Å².